The lowest BCUT2D eigenvalue weighted by Gasteiger charge is -2.17. The number of nitrogens with one attached hydrogen (secondary N) is 2. The molecule has 1 aliphatic rings. The van der Waals surface area contributed by atoms with Crippen LogP contribution in [-0.2, 0) is 4.79 Å². The number of carbonyl (C=O) groups excluding carboxylic acids is 2. The number of hydrogen-bond donors (Lipinski definition) is 4. The van der Waals surface area contributed by atoms with E-state index in [1.54, 1.807) is 6.92 Å². The first-order chi connectivity index (χ1) is 17.2. The van der Waals surface area contributed by atoms with Crippen molar-refractivity contribution >= 4 is 23.0 Å². The number of phenolic OH excluding ortho intramolecular Hbond substituents is 2. The Labute approximate surface area is 201 Å². The number of ether oxygens (including phenoxy) is 1. The van der Waals surface area contributed by atoms with Crippen molar-refractivity contribution < 1.29 is 29.0 Å². The second-order valence-corrected chi connectivity index (χ2v) is 7.98. The molecule has 14 nitrogen and oxygen atoms in total. The van der Waals surface area contributed by atoms with Gasteiger partial charge in [-0.3, -0.25) is 9.59 Å². The number of carbonyl (C=O) groups is 2. The van der Waals surface area contributed by atoms with Gasteiger partial charge < -0.3 is 30.0 Å². The number of fused-ring (bicyclic) bond motifs is 1. The van der Waals surface area contributed by atoms with Crippen molar-refractivity contribution in [1.82, 2.24) is 10.6 Å². The minimum Gasteiger partial charge on any atom is -0.508 e. The summed E-state index contributed by atoms with van der Waals surface area (Å²) in [5, 5.41) is 35.3. The summed E-state index contributed by atoms with van der Waals surface area (Å²) in [6, 6.07) is 6.86. The summed E-state index contributed by atoms with van der Waals surface area (Å²) in [6.45, 7) is 1.48. The summed E-state index contributed by atoms with van der Waals surface area (Å²) in [4.78, 5) is 40.1. The first-order valence-electron chi connectivity index (χ1n) is 10.5. The Hall–Kier alpha value is -5.10. The van der Waals surface area contributed by atoms with Crippen LogP contribution >= 0.6 is 0 Å². The smallest absolute Gasteiger partial charge is 0.413 e. The SMILES string of the molecule is CC1(CNC(=O)C(CN=[N+]=[N-])NC(=O)Oc2ccc(-c3coc4cc(O)cc(O)c4c3=O)cc2)N=N1. The average Bonchev–Trinajstić information content (AvgIpc) is 3.58. The molecule has 184 valence electrons. The Morgan fingerprint density at radius 1 is 1.25 bits per heavy atom. The molecular weight excluding hydrogens is 474 g/mol. The lowest BCUT2D eigenvalue weighted by atomic mass is 10.0. The van der Waals surface area contributed by atoms with E-state index in [9.17, 15) is 24.6 Å². The molecule has 0 fully saturated rings. The highest BCUT2D eigenvalue weighted by Gasteiger charge is 2.35. The standard InChI is InChI=1S/C22H19N7O7/c1-22(27-28-22)10-24-20(33)15(8-25-29-23)26-21(34)36-13-4-2-11(3-5-13)14-9-35-17-7-12(30)6-16(31)18(17)19(14)32/h2-7,9,15,30-31H,8,10H2,1H3,(H,24,33)(H,26,34). The normalized spacial score (nSPS) is 13.9. The second-order valence-electron chi connectivity index (χ2n) is 7.98. The van der Waals surface area contributed by atoms with Crippen LogP contribution in [0.3, 0.4) is 0 Å². The van der Waals surface area contributed by atoms with Crippen molar-refractivity contribution in [2.24, 2.45) is 15.3 Å². The van der Waals surface area contributed by atoms with Crippen LogP contribution in [0.2, 0.25) is 0 Å². The molecule has 0 spiro atoms. The predicted molar refractivity (Wildman–Crippen MR) is 124 cm³/mol. The molecule has 1 unspecified atom stereocenters. The average molecular weight is 493 g/mol. The summed E-state index contributed by atoms with van der Waals surface area (Å²) < 4.78 is 10.6. The number of rotatable bonds is 8. The van der Waals surface area contributed by atoms with Gasteiger partial charge in [-0.1, -0.05) is 17.2 Å². The van der Waals surface area contributed by atoms with Crippen LogP contribution in [0.1, 0.15) is 6.92 Å². The molecular formula is C22H19N7O7. The van der Waals surface area contributed by atoms with E-state index >= 15 is 0 Å². The third-order valence-electron chi connectivity index (χ3n) is 5.19. The fraction of sp³-hybridized carbons (Fsp3) is 0.227. The summed E-state index contributed by atoms with van der Waals surface area (Å²) in [5.41, 5.74) is 7.91. The van der Waals surface area contributed by atoms with Gasteiger partial charge in [-0.05, 0) is 30.2 Å². The van der Waals surface area contributed by atoms with Crippen molar-refractivity contribution in [1.29, 1.82) is 0 Å². The van der Waals surface area contributed by atoms with E-state index < -0.39 is 34.9 Å². The fourth-order valence-corrected chi connectivity index (χ4v) is 3.24. The van der Waals surface area contributed by atoms with Crippen LogP contribution in [0.25, 0.3) is 32.5 Å². The topological polar surface area (TPSA) is 212 Å². The molecule has 2 heterocycles. The van der Waals surface area contributed by atoms with Gasteiger partial charge >= 0.3 is 6.09 Å². The molecule has 4 rings (SSSR count). The second kappa shape index (κ2) is 9.64. The molecule has 1 aromatic heterocycles. The van der Waals surface area contributed by atoms with Crippen molar-refractivity contribution in [2.75, 3.05) is 13.1 Å². The fourth-order valence-electron chi connectivity index (χ4n) is 3.24. The summed E-state index contributed by atoms with van der Waals surface area (Å²) in [6.07, 6.45) is 0.214. The number of benzene rings is 2. The molecule has 1 aliphatic heterocycles. The molecule has 2 aromatic carbocycles. The highest BCUT2D eigenvalue weighted by Crippen LogP contribution is 2.30. The zero-order chi connectivity index (χ0) is 25.9. The summed E-state index contributed by atoms with van der Waals surface area (Å²) in [5.74, 6) is -1.18. The Morgan fingerprint density at radius 3 is 2.64 bits per heavy atom. The van der Waals surface area contributed by atoms with Gasteiger partial charge in [0.05, 0.1) is 18.7 Å². The van der Waals surface area contributed by atoms with Gasteiger partial charge in [0.1, 0.15) is 40.5 Å². The number of phenols is 2. The van der Waals surface area contributed by atoms with E-state index in [2.05, 4.69) is 30.9 Å². The van der Waals surface area contributed by atoms with Crippen molar-refractivity contribution in [3.8, 4) is 28.4 Å². The van der Waals surface area contributed by atoms with E-state index in [4.69, 9.17) is 14.7 Å². The minimum atomic E-state index is -1.19. The van der Waals surface area contributed by atoms with Gasteiger partial charge in [0.2, 0.25) is 17.0 Å². The van der Waals surface area contributed by atoms with Gasteiger partial charge in [-0.15, -0.1) is 0 Å². The first kappa shape index (κ1) is 24.0. The molecule has 36 heavy (non-hydrogen) atoms. The van der Waals surface area contributed by atoms with Crippen molar-refractivity contribution in [3.05, 3.63) is 63.3 Å². The molecule has 3 aromatic rings. The molecule has 1 atom stereocenters. The molecule has 4 N–H and O–H groups in total. The number of amides is 2. The van der Waals surface area contributed by atoms with Crippen LogP contribution in [0, 0.1) is 0 Å². The third-order valence-corrected chi connectivity index (χ3v) is 5.19. The van der Waals surface area contributed by atoms with Gasteiger partial charge in [0, 0.05) is 17.0 Å². The predicted octanol–water partition coefficient (Wildman–Crippen LogP) is 2.94. The van der Waals surface area contributed by atoms with Crippen LogP contribution in [0.5, 0.6) is 17.2 Å². The summed E-state index contributed by atoms with van der Waals surface area (Å²) >= 11 is 0. The molecule has 0 saturated heterocycles. The molecule has 2 amide bonds. The lowest BCUT2D eigenvalue weighted by Crippen LogP contribution is -2.50. The van der Waals surface area contributed by atoms with Gasteiger partial charge in [-0.25, -0.2) is 4.79 Å². The Balaban J connectivity index is 1.44. The largest absolute Gasteiger partial charge is 0.508 e. The van der Waals surface area contributed by atoms with E-state index in [0.717, 1.165) is 6.07 Å². The monoisotopic (exact) mass is 493 g/mol. The van der Waals surface area contributed by atoms with Crippen LogP contribution in [0.15, 0.2) is 67.2 Å². The molecule has 0 radical (unpaired) electrons. The van der Waals surface area contributed by atoms with Gasteiger partial charge in [0.25, 0.3) is 0 Å². The number of hydrogen-bond acceptors (Lipinski definition) is 10. The molecule has 14 heteroatoms. The first-order valence-corrected chi connectivity index (χ1v) is 10.5. The molecule has 0 aliphatic carbocycles. The number of azide groups is 1. The minimum absolute atomic E-state index is 0.0206. The zero-order valence-corrected chi connectivity index (χ0v) is 18.7. The van der Waals surface area contributed by atoms with E-state index in [1.165, 1.54) is 36.6 Å². The van der Waals surface area contributed by atoms with Crippen LogP contribution < -0.4 is 20.8 Å². The third kappa shape index (κ3) is 5.34. The van der Waals surface area contributed by atoms with Gasteiger partial charge in [-0.2, -0.15) is 10.2 Å². The maximum absolute atomic E-state index is 12.8. The maximum Gasteiger partial charge on any atom is 0.413 e. The molecule has 0 saturated carbocycles. The Bertz CT molecular complexity index is 1470. The zero-order valence-electron chi connectivity index (χ0n) is 18.7. The Morgan fingerprint density at radius 2 is 1.97 bits per heavy atom. The van der Waals surface area contributed by atoms with Gasteiger partial charge in [0.15, 0.2) is 0 Å². The van der Waals surface area contributed by atoms with E-state index in [0.29, 0.717) is 5.56 Å². The van der Waals surface area contributed by atoms with E-state index in [1.807, 2.05) is 0 Å². The Kier molecular flexibility index (Phi) is 6.44. The highest BCUT2D eigenvalue weighted by molar-refractivity contribution is 5.88. The molecule has 0 bridgehead atoms. The maximum atomic E-state index is 12.8. The number of nitrogens with zero attached hydrogens (tertiary/aromatic N) is 5. The quantitative estimate of drug-likeness (QED) is 0.209. The summed E-state index contributed by atoms with van der Waals surface area (Å²) in [7, 11) is 0. The van der Waals surface area contributed by atoms with Crippen LogP contribution in [0.4, 0.5) is 4.79 Å². The van der Waals surface area contributed by atoms with E-state index in [-0.39, 0.29) is 41.1 Å². The number of aromatic hydroxyl groups is 2. The van der Waals surface area contributed by atoms with Crippen molar-refractivity contribution in [2.45, 2.75) is 18.6 Å². The van der Waals surface area contributed by atoms with Crippen molar-refractivity contribution in [3.63, 3.8) is 0 Å². The van der Waals surface area contributed by atoms with Crippen LogP contribution in [-0.4, -0.2) is 47.0 Å². The highest BCUT2D eigenvalue weighted by atomic mass is 16.6. The lowest BCUT2D eigenvalue weighted by molar-refractivity contribution is -0.122.